The van der Waals surface area contributed by atoms with Crippen LogP contribution in [0.1, 0.15) is 142 Å². The third-order valence-electron chi connectivity index (χ3n) is 6.17. The minimum atomic E-state index is 0.797. The van der Waals surface area contributed by atoms with Crippen molar-refractivity contribution in [1.29, 1.82) is 0 Å². The summed E-state index contributed by atoms with van der Waals surface area (Å²) in [4.78, 5) is 8.78. The van der Waals surface area contributed by atoms with Gasteiger partial charge in [-0.25, -0.2) is 0 Å². The van der Waals surface area contributed by atoms with Crippen LogP contribution in [0.3, 0.4) is 0 Å². The number of aliphatic imine (C=N–C) groups is 2. The normalized spacial score (nSPS) is 14.3. The largest absolute Gasteiger partial charge is 0.240 e. The zero-order chi connectivity index (χ0) is 20.1. The van der Waals surface area contributed by atoms with E-state index in [-0.39, 0.29) is 0 Å². The fraction of sp³-hybridized carbons (Fsp3) is 0.885. The first kappa shape index (κ1) is 25.2. The Morgan fingerprint density at radius 2 is 0.893 bits per heavy atom. The van der Waals surface area contributed by atoms with Gasteiger partial charge in [0.1, 0.15) is 0 Å². The van der Waals surface area contributed by atoms with Crippen molar-refractivity contribution in [3.8, 4) is 0 Å². The molecule has 0 fully saturated rings. The predicted molar refractivity (Wildman–Crippen MR) is 127 cm³/mol. The van der Waals surface area contributed by atoms with Gasteiger partial charge in [0.05, 0.1) is 6.42 Å². The molecule has 1 atom stereocenters. The highest BCUT2D eigenvalue weighted by molar-refractivity contribution is 6.18. The number of hydrogen-bond acceptors (Lipinski definition) is 2. The third kappa shape index (κ3) is 15.2. The lowest BCUT2D eigenvalue weighted by Crippen LogP contribution is -2.05. The molecular weight excluding hydrogens is 340 g/mol. The van der Waals surface area contributed by atoms with Crippen molar-refractivity contribution in [2.45, 2.75) is 142 Å². The summed E-state index contributed by atoms with van der Waals surface area (Å²) in [6.07, 6.45) is 32.8. The van der Waals surface area contributed by atoms with Gasteiger partial charge in [-0.05, 0) is 18.8 Å². The molecular formula is C26H49N2+. The van der Waals surface area contributed by atoms with Crippen LogP contribution < -0.4 is 0 Å². The zero-order valence-electron chi connectivity index (χ0n) is 19.3. The van der Waals surface area contributed by atoms with E-state index in [1.54, 1.807) is 0 Å². The maximum Gasteiger partial charge on any atom is 0.240 e. The molecule has 2 nitrogen and oxygen atoms in total. The van der Waals surface area contributed by atoms with Gasteiger partial charge in [-0.1, -0.05) is 133 Å². The standard InChI is InChI=1S/C26H49N2/c1-3-5-7-8-9-10-11-12-13-14-15-16-17-19-21-25(20-18-6-4-2)24-26-27-22-23-28-26/h22-23,25H,3-21,24H2,1-2H3/q+1. The van der Waals surface area contributed by atoms with Crippen LogP contribution in [0.25, 0.3) is 0 Å². The Kier molecular flexibility index (Phi) is 17.6. The van der Waals surface area contributed by atoms with Crippen LogP contribution in [0.5, 0.6) is 0 Å². The van der Waals surface area contributed by atoms with E-state index in [0.29, 0.717) is 0 Å². The molecule has 0 spiro atoms. The molecule has 1 unspecified atom stereocenters. The summed E-state index contributed by atoms with van der Waals surface area (Å²) in [5.74, 6) is 0.797. The summed E-state index contributed by atoms with van der Waals surface area (Å²) in [6, 6.07) is 0. The number of hydrogen-bond donors (Lipinski definition) is 0. The number of rotatable bonds is 21. The molecule has 0 saturated heterocycles. The number of nitrogens with zero attached hydrogens (tertiary/aromatic N) is 2. The lowest BCUT2D eigenvalue weighted by molar-refractivity contribution is 0.387. The van der Waals surface area contributed by atoms with Crippen molar-refractivity contribution in [2.75, 3.05) is 0 Å². The highest BCUT2D eigenvalue weighted by Gasteiger charge is 2.21. The molecule has 0 bridgehead atoms. The summed E-state index contributed by atoms with van der Waals surface area (Å²) in [6.45, 7) is 4.59. The first-order chi connectivity index (χ1) is 13.9. The fourth-order valence-electron chi connectivity index (χ4n) is 4.29. The van der Waals surface area contributed by atoms with Crippen LogP contribution in [0, 0.1) is 12.1 Å². The second-order valence-electron chi connectivity index (χ2n) is 8.92. The van der Waals surface area contributed by atoms with E-state index in [9.17, 15) is 0 Å². The van der Waals surface area contributed by atoms with Crippen LogP contribution >= 0.6 is 0 Å². The summed E-state index contributed by atoms with van der Waals surface area (Å²) in [5, 5.41) is 0. The molecule has 0 N–H and O–H groups in total. The molecule has 28 heavy (non-hydrogen) atoms. The first-order valence-electron chi connectivity index (χ1n) is 12.8. The summed E-state index contributed by atoms with van der Waals surface area (Å²) in [7, 11) is 0. The molecule has 0 aliphatic carbocycles. The molecule has 1 rings (SSSR count). The molecule has 1 aliphatic heterocycles. The van der Waals surface area contributed by atoms with E-state index >= 15 is 0 Å². The van der Waals surface area contributed by atoms with Crippen LogP contribution in [0.4, 0.5) is 0 Å². The Bertz CT molecular complexity index is 363. The third-order valence-corrected chi connectivity index (χ3v) is 6.17. The highest BCUT2D eigenvalue weighted by atomic mass is 15.0. The summed E-state index contributed by atoms with van der Waals surface area (Å²) < 4.78 is 0. The molecule has 0 aromatic heterocycles. The van der Waals surface area contributed by atoms with E-state index in [4.69, 9.17) is 0 Å². The van der Waals surface area contributed by atoms with Gasteiger partial charge < -0.3 is 0 Å². The lowest BCUT2D eigenvalue weighted by atomic mass is 9.91. The second kappa shape index (κ2) is 19.5. The Labute approximate surface area is 177 Å². The lowest BCUT2D eigenvalue weighted by Gasteiger charge is -2.15. The highest BCUT2D eigenvalue weighted by Crippen LogP contribution is 2.28. The van der Waals surface area contributed by atoms with E-state index in [1.807, 2.05) is 12.4 Å². The molecule has 0 saturated carbocycles. The number of unbranched alkanes of at least 4 members (excludes halogenated alkanes) is 15. The van der Waals surface area contributed by atoms with Crippen molar-refractivity contribution >= 4 is 12.4 Å². The van der Waals surface area contributed by atoms with Crippen molar-refractivity contribution in [1.82, 2.24) is 0 Å². The summed E-state index contributed by atoms with van der Waals surface area (Å²) in [5.41, 5.74) is 0. The van der Waals surface area contributed by atoms with Gasteiger partial charge in [0.2, 0.25) is 6.17 Å². The van der Waals surface area contributed by atoms with Gasteiger partial charge in [-0.15, -0.1) is 0 Å². The van der Waals surface area contributed by atoms with Crippen molar-refractivity contribution < 1.29 is 0 Å². The first-order valence-corrected chi connectivity index (χ1v) is 12.8. The monoisotopic (exact) mass is 389 g/mol. The van der Waals surface area contributed by atoms with E-state index in [0.717, 1.165) is 18.5 Å². The maximum atomic E-state index is 4.39. The molecule has 0 radical (unpaired) electrons. The SMILES string of the molecule is CCCCCCCCCCCCCCCCC(CCCCC)C[C+]1N=CC=N1. The van der Waals surface area contributed by atoms with Crippen LogP contribution in [-0.4, -0.2) is 12.4 Å². The quantitative estimate of drug-likeness (QED) is 0.138. The second-order valence-corrected chi connectivity index (χ2v) is 8.92. The van der Waals surface area contributed by atoms with Gasteiger partial charge in [-0.3, -0.25) is 0 Å². The molecule has 1 aliphatic rings. The van der Waals surface area contributed by atoms with Crippen LogP contribution in [0.15, 0.2) is 9.98 Å². The fourth-order valence-corrected chi connectivity index (χ4v) is 4.29. The minimum Gasteiger partial charge on any atom is -0.0968 e. The zero-order valence-corrected chi connectivity index (χ0v) is 19.3. The average Bonchev–Trinajstić information content (AvgIpc) is 3.21. The van der Waals surface area contributed by atoms with Crippen molar-refractivity contribution in [3.05, 3.63) is 6.17 Å². The molecule has 2 heteroatoms. The molecule has 1 heterocycles. The van der Waals surface area contributed by atoms with E-state index in [2.05, 4.69) is 23.8 Å². The Balaban J connectivity index is 1.91. The Morgan fingerprint density at radius 3 is 1.36 bits per heavy atom. The van der Waals surface area contributed by atoms with Gasteiger partial charge in [-0.2, -0.15) is 0 Å². The average molecular weight is 390 g/mol. The van der Waals surface area contributed by atoms with Crippen LogP contribution in [0.2, 0.25) is 0 Å². The van der Waals surface area contributed by atoms with Crippen molar-refractivity contribution in [2.24, 2.45) is 15.9 Å². The van der Waals surface area contributed by atoms with Gasteiger partial charge in [0, 0.05) is 0 Å². The van der Waals surface area contributed by atoms with Crippen LogP contribution in [-0.2, 0) is 0 Å². The minimum absolute atomic E-state index is 0.797. The van der Waals surface area contributed by atoms with E-state index < -0.39 is 0 Å². The van der Waals surface area contributed by atoms with Gasteiger partial charge in [0.25, 0.3) is 0 Å². The molecule has 0 aromatic rings. The molecule has 0 amide bonds. The molecule has 0 aromatic carbocycles. The van der Waals surface area contributed by atoms with Gasteiger partial charge >= 0.3 is 0 Å². The Hall–Kier alpha value is -0.790. The maximum absolute atomic E-state index is 4.39. The topological polar surface area (TPSA) is 24.7 Å². The van der Waals surface area contributed by atoms with Crippen molar-refractivity contribution in [3.63, 3.8) is 0 Å². The summed E-state index contributed by atoms with van der Waals surface area (Å²) >= 11 is 0. The smallest absolute Gasteiger partial charge is 0.0968 e. The van der Waals surface area contributed by atoms with E-state index in [1.165, 1.54) is 122 Å². The van der Waals surface area contributed by atoms with Gasteiger partial charge in [0.15, 0.2) is 12.4 Å². The Morgan fingerprint density at radius 1 is 0.536 bits per heavy atom. The predicted octanol–water partition coefficient (Wildman–Crippen LogP) is 9.09. The molecule has 162 valence electrons.